The first-order chi connectivity index (χ1) is 12.5. The van der Waals surface area contributed by atoms with E-state index < -0.39 is 11.9 Å². The maximum absolute atomic E-state index is 13.0. The number of hydrogen-bond donors (Lipinski definition) is 2. The number of nitrogens with one attached hydrogen (secondary N) is 1. The van der Waals surface area contributed by atoms with E-state index in [0.717, 1.165) is 25.0 Å². The Balaban J connectivity index is 1.72. The lowest BCUT2D eigenvalue weighted by atomic mass is 10.00. The van der Waals surface area contributed by atoms with Crippen molar-refractivity contribution in [1.82, 2.24) is 15.5 Å². The van der Waals surface area contributed by atoms with Crippen LogP contribution in [-0.4, -0.2) is 33.2 Å². The number of aromatic nitrogens is 2. The van der Waals surface area contributed by atoms with Gasteiger partial charge in [-0.05, 0) is 37.7 Å². The molecule has 4 rings (SSSR count). The highest BCUT2D eigenvalue weighted by molar-refractivity contribution is 6.06. The van der Waals surface area contributed by atoms with E-state index in [2.05, 4.69) is 15.5 Å². The molecule has 2 aromatic heterocycles. The molecule has 0 saturated heterocycles. The fraction of sp³-hybridized carbons (Fsp3) is 0.579. The van der Waals surface area contributed by atoms with E-state index >= 15 is 0 Å². The third-order valence-electron chi connectivity index (χ3n) is 5.43. The van der Waals surface area contributed by atoms with E-state index in [9.17, 15) is 14.7 Å². The van der Waals surface area contributed by atoms with Gasteiger partial charge in [-0.15, -0.1) is 0 Å². The number of hydrogen-bond acceptors (Lipinski definition) is 5. The summed E-state index contributed by atoms with van der Waals surface area (Å²) in [7, 11) is 0. The summed E-state index contributed by atoms with van der Waals surface area (Å²) in [4.78, 5) is 29.0. The monoisotopic (exact) mass is 357 g/mol. The lowest BCUT2D eigenvalue weighted by molar-refractivity contribution is -0.142. The molecule has 2 aliphatic carbocycles. The Morgan fingerprint density at radius 3 is 2.69 bits per heavy atom. The van der Waals surface area contributed by atoms with Crippen molar-refractivity contribution >= 4 is 23.0 Å². The fourth-order valence-corrected chi connectivity index (χ4v) is 3.83. The van der Waals surface area contributed by atoms with Gasteiger partial charge >= 0.3 is 5.97 Å². The first kappa shape index (κ1) is 17.0. The molecule has 2 heterocycles. The molecule has 2 saturated carbocycles. The number of amides is 1. The Hall–Kier alpha value is -2.44. The SMILES string of the molecule is CC(C)c1noc2nc(C3CC3)cc(C(=O)N[C@@H]3CCC[C@@H]3C(=O)O)c12. The summed E-state index contributed by atoms with van der Waals surface area (Å²) in [6.45, 7) is 3.98. The van der Waals surface area contributed by atoms with Crippen molar-refractivity contribution in [3.63, 3.8) is 0 Å². The smallest absolute Gasteiger partial charge is 0.308 e. The minimum atomic E-state index is -0.848. The highest BCUT2D eigenvalue weighted by Crippen LogP contribution is 2.41. The van der Waals surface area contributed by atoms with Crippen LogP contribution in [-0.2, 0) is 4.79 Å². The van der Waals surface area contributed by atoms with Crippen molar-refractivity contribution in [3.8, 4) is 0 Å². The summed E-state index contributed by atoms with van der Waals surface area (Å²) in [5.74, 6) is -1.17. The van der Waals surface area contributed by atoms with Gasteiger partial charge in [-0.25, -0.2) is 4.98 Å². The molecule has 2 atom stereocenters. The van der Waals surface area contributed by atoms with Gasteiger partial charge in [-0.2, -0.15) is 0 Å². The van der Waals surface area contributed by atoms with E-state index in [0.29, 0.717) is 41.1 Å². The largest absolute Gasteiger partial charge is 0.481 e. The zero-order chi connectivity index (χ0) is 18.4. The molecule has 0 unspecified atom stereocenters. The summed E-state index contributed by atoms with van der Waals surface area (Å²) >= 11 is 0. The van der Waals surface area contributed by atoms with Gasteiger partial charge in [0.05, 0.1) is 22.6 Å². The summed E-state index contributed by atoms with van der Waals surface area (Å²) in [6.07, 6.45) is 4.23. The Bertz CT molecular complexity index is 869. The predicted octanol–water partition coefficient (Wildman–Crippen LogP) is 3.21. The Labute approximate surface area is 151 Å². The lowest BCUT2D eigenvalue weighted by Gasteiger charge is -2.18. The highest BCUT2D eigenvalue weighted by Gasteiger charge is 2.35. The zero-order valence-corrected chi connectivity index (χ0v) is 15.0. The number of pyridine rings is 1. The fourth-order valence-electron chi connectivity index (χ4n) is 3.83. The molecular formula is C19H23N3O4. The molecule has 0 bridgehead atoms. The normalized spacial score (nSPS) is 22.9. The molecule has 138 valence electrons. The standard InChI is InChI=1S/C19H23N3O4/c1-9(2)16-15-12(8-14(10-6-7-10)21-18(15)26-22-16)17(23)20-13-5-3-4-11(13)19(24)25/h8-11,13H,3-7H2,1-2H3,(H,20,23)(H,24,25)/t11-,13+/m0/s1. The van der Waals surface area contributed by atoms with Crippen molar-refractivity contribution in [1.29, 1.82) is 0 Å². The number of nitrogens with zero attached hydrogens (tertiary/aromatic N) is 2. The van der Waals surface area contributed by atoms with E-state index in [1.165, 1.54) is 0 Å². The zero-order valence-electron chi connectivity index (χ0n) is 15.0. The average Bonchev–Trinajstić information content (AvgIpc) is 3.18. The molecular weight excluding hydrogens is 334 g/mol. The van der Waals surface area contributed by atoms with Crippen LogP contribution in [0.2, 0.25) is 0 Å². The number of carboxylic acid groups (broad SMARTS) is 1. The summed E-state index contributed by atoms with van der Waals surface area (Å²) < 4.78 is 5.41. The van der Waals surface area contributed by atoms with Gasteiger partial charge in [0.1, 0.15) is 0 Å². The van der Waals surface area contributed by atoms with Crippen LogP contribution in [0.15, 0.2) is 10.6 Å². The first-order valence-corrected chi connectivity index (χ1v) is 9.29. The first-order valence-electron chi connectivity index (χ1n) is 9.29. The molecule has 2 aliphatic rings. The van der Waals surface area contributed by atoms with Crippen molar-refractivity contribution in [2.24, 2.45) is 5.92 Å². The van der Waals surface area contributed by atoms with Gasteiger partial charge in [-0.1, -0.05) is 25.4 Å². The molecule has 2 fully saturated rings. The number of carbonyl (C=O) groups excluding carboxylic acids is 1. The molecule has 2 aromatic rings. The Morgan fingerprint density at radius 1 is 1.27 bits per heavy atom. The van der Waals surface area contributed by atoms with Crippen LogP contribution in [0.3, 0.4) is 0 Å². The van der Waals surface area contributed by atoms with Gasteiger partial charge in [0.25, 0.3) is 11.6 Å². The van der Waals surface area contributed by atoms with Crippen molar-refractivity contribution in [2.45, 2.75) is 63.8 Å². The van der Waals surface area contributed by atoms with E-state index in [-0.39, 0.29) is 17.9 Å². The predicted molar refractivity (Wildman–Crippen MR) is 94.1 cm³/mol. The minimum absolute atomic E-state index is 0.0922. The third-order valence-corrected chi connectivity index (χ3v) is 5.43. The van der Waals surface area contributed by atoms with Crippen molar-refractivity contribution in [2.75, 3.05) is 0 Å². The Morgan fingerprint density at radius 2 is 2.04 bits per heavy atom. The maximum atomic E-state index is 13.0. The van der Waals surface area contributed by atoms with Gasteiger partial charge < -0.3 is 14.9 Å². The van der Waals surface area contributed by atoms with Crippen molar-refractivity contribution in [3.05, 3.63) is 23.0 Å². The third kappa shape index (κ3) is 2.95. The summed E-state index contributed by atoms with van der Waals surface area (Å²) in [5.41, 5.74) is 2.46. The van der Waals surface area contributed by atoms with Gasteiger partial charge in [0.15, 0.2) is 0 Å². The molecule has 7 nitrogen and oxygen atoms in total. The number of carboxylic acids is 1. The molecule has 1 amide bonds. The number of fused-ring (bicyclic) bond motifs is 1. The van der Waals surface area contributed by atoms with Crippen LogP contribution in [0.4, 0.5) is 0 Å². The van der Waals surface area contributed by atoms with E-state index in [4.69, 9.17) is 4.52 Å². The topological polar surface area (TPSA) is 105 Å². The minimum Gasteiger partial charge on any atom is -0.481 e. The average molecular weight is 357 g/mol. The van der Waals surface area contributed by atoms with Crippen LogP contribution in [0.5, 0.6) is 0 Å². The van der Waals surface area contributed by atoms with Gasteiger partial charge in [0.2, 0.25) is 0 Å². The number of aliphatic carboxylic acids is 1. The van der Waals surface area contributed by atoms with E-state index in [1.54, 1.807) is 0 Å². The molecule has 0 aliphatic heterocycles. The summed E-state index contributed by atoms with van der Waals surface area (Å²) in [6, 6.07) is 1.50. The summed E-state index contributed by atoms with van der Waals surface area (Å²) in [5, 5.41) is 17.1. The van der Waals surface area contributed by atoms with Gasteiger partial charge in [0, 0.05) is 17.7 Å². The van der Waals surface area contributed by atoms with E-state index in [1.807, 2.05) is 19.9 Å². The molecule has 2 N–H and O–H groups in total. The maximum Gasteiger partial charge on any atom is 0.308 e. The number of rotatable bonds is 5. The second kappa shape index (κ2) is 6.37. The van der Waals surface area contributed by atoms with Crippen LogP contribution in [0, 0.1) is 5.92 Å². The quantitative estimate of drug-likeness (QED) is 0.851. The van der Waals surface area contributed by atoms with Crippen molar-refractivity contribution < 1.29 is 19.2 Å². The molecule has 0 spiro atoms. The van der Waals surface area contributed by atoms with Crippen LogP contribution < -0.4 is 5.32 Å². The van der Waals surface area contributed by atoms with Crippen LogP contribution in [0.25, 0.3) is 11.1 Å². The number of carbonyl (C=O) groups is 2. The highest BCUT2D eigenvalue weighted by atomic mass is 16.5. The molecule has 0 aromatic carbocycles. The lowest BCUT2D eigenvalue weighted by Crippen LogP contribution is -2.40. The van der Waals surface area contributed by atoms with Crippen LogP contribution in [0.1, 0.15) is 79.5 Å². The second-order valence-electron chi connectivity index (χ2n) is 7.73. The molecule has 0 radical (unpaired) electrons. The van der Waals surface area contributed by atoms with Crippen LogP contribution >= 0.6 is 0 Å². The second-order valence-corrected chi connectivity index (χ2v) is 7.73. The molecule has 7 heteroatoms. The van der Waals surface area contributed by atoms with Gasteiger partial charge in [-0.3, -0.25) is 9.59 Å². The molecule has 26 heavy (non-hydrogen) atoms. The Kier molecular flexibility index (Phi) is 4.17.